The summed E-state index contributed by atoms with van der Waals surface area (Å²) < 4.78 is 10.6. The third-order valence-corrected chi connectivity index (χ3v) is 3.12. The van der Waals surface area contributed by atoms with Crippen LogP contribution in [-0.4, -0.2) is 24.2 Å². The van der Waals surface area contributed by atoms with Gasteiger partial charge in [0.25, 0.3) is 0 Å². The molecule has 5 nitrogen and oxygen atoms in total. The van der Waals surface area contributed by atoms with E-state index in [0.29, 0.717) is 17.3 Å². The van der Waals surface area contributed by atoms with Gasteiger partial charge < -0.3 is 15.2 Å². The highest BCUT2D eigenvalue weighted by Gasteiger charge is 2.16. The minimum Gasteiger partial charge on any atom is -0.497 e. The van der Waals surface area contributed by atoms with Crippen molar-refractivity contribution in [2.75, 3.05) is 20.0 Å². The van der Waals surface area contributed by atoms with E-state index in [1.807, 2.05) is 18.2 Å². The second kappa shape index (κ2) is 5.77. The fourth-order valence-corrected chi connectivity index (χ4v) is 2.15. The number of methoxy groups -OCH3 is 2. The summed E-state index contributed by atoms with van der Waals surface area (Å²) >= 11 is 0. The van der Waals surface area contributed by atoms with Crippen LogP contribution in [0, 0.1) is 0 Å². The third-order valence-electron chi connectivity index (χ3n) is 3.12. The minimum atomic E-state index is 0.225. The van der Waals surface area contributed by atoms with Crippen molar-refractivity contribution < 1.29 is 9.47 Å². The van der Waals surface area contributed by atoms with Gasteiger partial charge >= 0.3 is 0 Å². The lowest BCUT2D eigenvalue weighted by molar-refractivity contribution is 0.394. The molecule has 5 heteroatoms. The minimum absolute atomic E-state index is 0.225. The molecule has 0 aliphatic carbocycles. The average Bonchev–Trinajstić information content (AvgIpc) is 2.45. The van der Waals surface area contributed by atoms with Crippen LogP contribution in [0.4, 0.5) is 5.82 Å². The molecule has 2 N–H and O–H groups in total. The van der Waals surface area contributed by atoms with E-state index in [0.717, 1.165) is 16.8 Å². The Kier molecular flexibility index (Phi) is 4.08. The molecule has 0 spiro atoms. The summed E-state index contributed by atoms with van der Waals surface area (Å²) in [6, 6.07) is 5.65. The van der Waals surface area contributed by atoms with Crippen LogP contribution in [0.15, 0.2) is 24.5 Å². The van der Waals surface area contributed by atoms with E-state index in [2.05, 4.69) is 23.8 Å². The van der Waals surface area contributed by atoms with Crippen LogP contribution in [0.3, 0.4) is 0 Å². The maximum atomic E-state index is 5.99. The van der Waals surface area contributed by atoms with Gasteiger partial charge in [0.05, 0.1) is 19.9 Å². The topological polar surface area (TPSA) is 70.3 Å². The lowest BCUT2D eigenvalue weighted by Gasteiger charge is -2.15. The first-order valence-corrected chi connectivity index (χ1v) is 6.40. The van der Waals surface area contributed by atoms with Crippen molar-refractivity contribution in [3.63, 3.8) is 0 Å². The standard InChI is InChI=1S/C15H19N3O2/c1-9(2)13-14(17-8-18-15(13)16)10-5-11(19-3)7-12(6-10)20-4/h5-9H,1-4H3,(H2,16,17,18). The molecule has 0 saturated carbocycles. The molecule has 106 valence electrons. The second-order valence-corrected chi connectivity index (χ2v) is 4.78. The van der Waals surface area contributed by atoms with Gasteiger partial charge in [-0.3, -0.25) is 0 Å². The van der Waals surface area contributed by atoms with Crippen molar-refractivity contribution >= 4 is 5.82 Å². The summed E-state index contributed by atoms with van der Waals surface area (Å²) in [4.78, 5) is 8.46. The Bertz CT molecular complexity index is 590. The summed E-state index contributed by atoms with van der Waals surface area (Å²) in [7, 11) is 3.24. The summed E-state index contributed by atoms with van der Waals surface area (Å²) in [6.45, 7) is 4.13. The molecule has 0 amide bonds. The molecule has 2 aromatic rings. The SMILES string of the molecule is COc1cc(OC)cc(-c2ncnc(N)c2C(C)C)c1. The Morgan fingerprint density at radius 1 is 1.00 bits per heavy atom. The smallest absolute Gasteiger partial charge is 0.130 e. The molecule has 20 heavy (non-hydrogen) atoms. The molecule has 1 aromatic heterocycles. The second-order valence-electron chi connectivity index (χ2n) is 4.78. The highest BCUT2D eigenvalue weighted by atomic mass is 16.5. The molecule has 1 aromatic carbocycles. The van der Waals surface area contributed by atoms with Crippen LogP contribution in [0.5, 0.6) is 11.5 Å². The molecule has 0 aliphatic rings. The molecule has 0 unspecified atom stereocenters. The quantitative estimate of drug-likeness (QED) is 0.927. The maximum Gasteiger partial charge on any atom is 0.130 e. The van der Waals surface area contributed by atoms with Gasteiger partial charge in [0.2, 0.25) is 0 Å². The fourth-order valence-electron chi connectivity index (χ4n) is 2.15. The highest BCUT2D eigenvalue weighted by molar-refractivity contribution is 5.71. The fraction of sp³-hybridized carbons (Fsp3) is 0.333. The molecule has 0 radical (unpaired) electrons. The van der Waals surface area contributed by atoms with E-state index in [-0.39, 0.29) is 5.92 Å². The predicted molar refractivity (Wildman–Crippen MR) is 79.1 cm³/mol. The Hall–Kier alpha value is -2.30. The molecule has 0 fully saturated rings. The Labute approximate surface area is 118 Å². The molecule has 1 heterocycles. The summed E-state index contributed by atoms with van der Waals surface area (Å²) in [5.41, 5.74) is 8.63. The van der Waals surface area contributed by atoms with Gasteiger partial charge in [-0.2, -0.15) is 0 Å². The molecule has 0 aliphatic heterocycles. The zero-order chi connectivity index (χ0) is 14.7. The maximum absolute atomic E-state index is 5.99. The molecular formula is C15H19N3O2. The number of benzene rings is 1. The van der Waals surface area contributed by atoms with Gasteiger partial charge in [0, 0.05) is 17.2 Å². The lowest BCUT2D eigenvalue weighted by Crippen LogP contribution is -2.04. The number of hydrogen-bond donors (Lipinski definition) is 1. The van der Waals surface area contributed by atoms with Crippen molar-refractivity contribution in [3.8, 4) is 22.8 Å². The van der Waals surface area contributed by atoms with Crippen molar-refractivity contribution in [2.24, 2.45) is 0 Å². The molecular weight excluding hydrogens is 254 g/mol. The van der Waals surface area contributed by atoms with Crippen LogP contribution < -0.4 is 15.2 Å². The number of nitrogen functional groups attached to an aromatic ring is 1. The largest absolute Gasteiger partial charge is 0.497 e. The Balaban J connectivity index is 2.65. The van der Waals surface area contributed by atoms with Crippen LogP contribution >= 0.6 is 0 Å². The van der Waals surface area contributed by atoms with E-state index in [4.69, 9.17) is 15.2 Å². The third kappa shape index (κ3) is 2.66. The first kappa shape index (κ1) is 14.1. The summed E-state index contributed by atoms with van der Waals surface area (Å²) in [6.07, 6.45) is 1.47. The van der Waals surface area contributed by atoms with Gasteiger partial charge in [0.15, 0.2) is 0 Å². The van der Waals surface area contributed by atoms with Gasteiger partial charge in [-0.15, -0.1) is 0 Å². The van der Waals surface area contributed by atoms with Crippen LogP contribution in [-0.2, 0) is 0 Å². The number of ether oxygens (including phenoxy) is 2. The first-order chi connectivity index (χ1) is 9.56. The number of aromatic nitrogens is 2. The number of hydrogen-bond acceptors (Lipinski definition) is 5. The van der Waals surface area contributed by atoms with Gasteiger partial charge in [-0.1, -0.05) is 13.8 Å². The molecule has 0 bridgehead atoms. The number of rotatable bonds is 4. The predicted octanol–water partition coefficient (Wildman–Crippen LogP) is 2.87. The number of nitrogens with zero attached hydrogens (tertiary/aromatic N) is 2. The van der Waals surface area contributed by atoms with E-state index in [1.54, 1.807) is 14.2 Å². The van der Waals surface area contributed by atoms with E-state index < -0.39 is 0 Å². The summed E-state index contributed by atoms with van der Waals surface area (Å²) in [5, 5.41) is 0. The molecule has 2 rings (SSSR count). The zero-order valence-corrected chi connectivity index (χ0v) is 12.2. The number of nitrogens with two attached hydrogens (primary N) is 1. The van der Waals surface area contributed by atoms with Gasteiger partial charge in [-0.05, 0) is 18.1 Å². The molecule has 0 saturated heterocycles. The van der Waals surface area contributed by atoms with E-state index in [9.17, 15) is 0 Å². The Morgan fingerprint density at radius 2 is 1.60 bits per heavy atom. The lowest BCUT2D eigenvalue weighted by atomic mass is 9.97. The van der Waals surface area contributed by atoms with Crippen LogP contribution in [0.2, 0.25) is 0 Å². The van der Waals surface area contributed by atoms with Crippen LogP contribution in [0.1, 0.15) is 25.3 Å². The molecule has 0 atom stereocenters. The Morgan fingerprint density at radius 3 is 2.10 bits per heavy atom. The van der Waals surface area contributed by atoms with Crippen molar-refractivity contribution in [2.45, 2.75) is 19.8 Å². The zero-order valence-electron chi connectivity index (χ0n) is 12.2. The van der Waals surface area contributed by atoms with Crippen molar-refractivity contribution in [1.29, 1.82) is 0 Å². The monoisotopic (exact) mass is 273 g/mol. The normalized spacial score (nSPS) is 10.7. The van der Waals surface area contributed by atoms with Gasteiger partial charge in [-0.25, -0.2) is 9.97 Å². The highest BCUT2D eigenvalue weighted by Crippen LogP contribution is 2.34. The van der Waals surface area contributed by atoms with Crippen molar-refractivity contribution in [1.82, 2.24) is 9.97 Å². The van der Waals surface area contributed by atoms with E-state index in [1.165, 1.54) is 6.33 Å². The number of anilines is 1. The summed E-state index contributed by atoms with van der Waals surface area (Å²) in [5.74, 6) is 2.16. The average molecular weight is 273 g/mol. The first-order valence-electron chi connectivity index (χ1n) is 6.40. The van der Waals surface area contributed by atoms with Gasteiger partial charge in [0.1, 0.15) is 23.6 Å². The van der Waals surface area contributed by atoms with Crippen molar-refractivity contribution in [3.05, 3.63) is 30.1 Å². The van der Waals surface area contributed by atoms with E-state index >= 15 is 0 Å². The van der Waals surface area contributed by atoms with Crippen LogP contribution in [0.25, 0.3) is 11.3 Å².